The van der Waals surface area contributed by atoms with Crippen LogP contribution in [0.4, 0.5) is 0 Å². The Labute approximate surface area is 137 Å². The van der Waals surface area contributed by atoms with Crippen molar-refractivity contribution in [2.24, 2.45) is 23.2 Å². The van der Waals surface area contributed by atoms with Crippen molar-refractivity contribution in [3.63, 3.8) is 0 Å². The van der Waals surface area contributed by atoms with Crippen molar-refractivity contribution in [1.82, 2.24) is 0 Å². The number of hydrogen-bond acceptors (Lipinski definition) is 1. The van der Waals surface area contributed by atoms with Gasteiger partial charge in [-0.05, 0) is 79.2 Å². The lowest BCUT2D eigenvalue weighted by molar-refractivity contribution is -0.117. The predicted molar refractivity (Wildman–Crippen MR) is 91.3 cm³/mol. The Morgan fingerprint density at radius 1 is 1.29 bits per heavy atom. The molecule has 0 aromatic heterocycles. The number of ketones is 1. The van der Waals surface area contributed by atoms with Gasteiger partial charge in [-0.2, -0.15) is 0 Å². The first kappa shape index (κ1) is 15.5. The van der Waals surface area contributed by atoms with E-state index >= 15 is 0 Å². The monoisotopic (exact) mass is 350 g/mol. The molecule has 0 amide bonds. The number of rotatable bonds is 2. The highest BCUT2D eigenvalue weighted by Crippen LogP contribution is 2.58. The molecule has 0 aromatic rings. The van der Waals surface area contributed by atoms with Crippen LogP contribution in [0.25, 0.3) is 0 Å². The zero-order valence-corrected chi connectivity index (χ0v) is 14.9. The van der Waals surface area contributed by atoms with Gasteiger partial charge in [-0.25, -0.2) is 0 Å². The maximum absolute atomic E-state index is 12.1. The first-order chi connectivity index (χ1) is 10.1. The van der Waals surface area contributed by atoms with Crippen LogP contribution < -0.4 is 0 Å². The van der Waals surface area contributed by atoms with Crippen molar-refractivity contribution in [1.29, 1.82) is 0 Å². The number of Topliss-reactive ketones (excluding diaryl/α,β-unsaturated/α-hetero) is 1. The quantitative estimate of drug-likeness (QED) is 0.575. The number of carbonyl (C=O) groups excluding carboxylic acids is 1. The van der Waals surface area contributed by atoms with Gasteiger partial charge in [0.1, 0.15) is 0 Å². The van der Waals surface area contributed by atoms with E-state index in [-0.39, 0.29) is 5.92 Å². The highest BCUT2D eigenvalue weighted by molar-refractivity contribution is 9.11. The van der Waals surface area contributed by atoms with E-state index in [0.29, 0.717) is 11.2 Å². The first-order valence-electron chi connectivity index (χ1n) is 8.58. The molecule has 0 aromatic carbocycles. The second-order valence-electron chi connectivity index (χ2n) is 7.64. The Morgan fingerprint density at radius 2 is 2.10 bits per heavy atom. The summed E-state index contributed by atoms with van der Waals surface area (Å²) in [6, 6.07) is 0. The molecule has 0 spiro atoms. The molecule has 3 rings (SSSR count). The highest BCUT2D eigenvalue weighted by atomic mass is 79.9. The van der Waals surface area contributed by atoms with Crippen LogP contribution in [0.3, 0.4) is 0 Å². The molecule has 0 N–H and O–H groups in total. The van der Waals surface area contributed by atoms with E-state index in [9.17, 15) is 4.79 Å². The summed E-state index contributed by atoms with van der Waals surface area (Å²) in [6.45, 7) is 4.58. The van der Waals surface area contributed by atoms with Gasteiger partial charge in [-0.3, -0.25) is 4.79 Å². The summed E-state index contributed by atoms with van der Waals surface area (Å²) in [4.78, 5) is 14.3. The SMILES string of the molecule is CC1CC/C(=C\CC2CCC3/C(=C/Br)CCCC23C)C1=O. The third-order valence-corrected chi connectivity index (χ3v) is 7.15. The Morgan fingerprint density at radius 3 is 2.76 bits per heavy atom. The standard InChI is InChI=1S/C19H27BrO/c1-13-5-6-14(18(13)21)7-8-16-9-10-17-15(12-20)4-3-11-19(16,17)2/h7,12-13,16-17H,3-6,8-11H2,1-2H3/b14-7+,15-12+. The van der Waals surface area contributed by atoms with Gasteiger partial charge < -0.3 is 0 Å². The predicted octanol–water partition coefficient (Wildman–Crippen LogP) is 5.80. The van der Waals surface area contributed by atoms with Crippen LogP contribution in [-0.4, -0.2) is 5.78 Å². The van der Waals surface area contributed by atoms with Crippen LogP contribution in [0.2, 0.25) is 0 Å². The first-order valence-corrected chi connectivity index (χ1v) is 9.50. The molecule has 0 heterocycles. The number of fused-ring (bicyclic) bond motifs is 1. The summed E-state index contributed by atoms with van der Waals surface area (Å²) < 4.78 is 0. The Balaban J connectivity index is 1.73. The molecule has 4 unspecified atom stereocenters. The maximum Gasteiger partial charge on any atom is 0.161 e. The van der Waals surface area contributed by atoms with Gasteiger partial charge in [0.15, 0.2) is 5.78 Å². The average Bonchev–Trinajstić information content (AvgIpc) is 2.98. The molecule has 3 aliphatic carbocycles. The van der Waals surface area contributed by atoms with Gasteiger partial charge in [-0.15, -0.1) is 0 Å². The van der Waals surface area contributed by atoms with E-state index in [1.165, 1.54) is 32.1 Å². The molecule has 3 saturated carbocycles. The third kappa shape index (κ3) is 2.69. The fraction of sp³-hybridized carbons (Fsp3) is 0.737. The summed E-state index contributed by atoms with van der Waals surface area (Å²) in [5.41, 5.74) is 3.22. The number of hydrogen-bond donors (Lipinski definition) is 0. The molecular formula is C19H27BrO. The third-order valence-electron chi connectivity index (χ3n) is 6.56. The number of allylic oxidation sites excluding steroid dienone is 3. The lowest BCUT2D eigenvalue weighted by Gasteiger charge is -2.42. The summed E-state index contributed by atoms with van der Waals surface area (Å²) >= 11 is 3.58. The van der Waals surface area contributed by atoms with Crippen molar-refractivity contribution >= 4 is 21.7 Å². The van der Waals surface area contributed by atoms with Gasteiger partial charge in [0, 0.05) is 5.92 Å². The number of carbonyl (C=O) groups is 1. The molecule has 116 valence electrons. The van der Waals surface area contributed by atoms with Crippen molar-refractivity contribution < 1.29 is 4.79 Å². The molecule has 0 saturated heterocycles. The Hall–Kier alpha value is -0.370. The van der Waals surface area contributed by atoms with Gasteiger partial charge >= 0.3 is 0 Å². The second kappa shape index (κ2) is 6.02. The minimum atomic E-state index is 0.265. The average molecular weight is 351 g/mol. The van der Waals surface area contributed by atoms with Gasteiger partial charge in [-0.1, -0.05) is 41.4 Å². The molecule has 21 heavy (non-hydrogen) atoms. The second-order valence-corrected chi connectivity index (χ2v) is 8.10. The van der Waals surface area contributed by atoms with E-state index in [4.69, 9.17) is 0 Å². The highest BCUT2D eigenvalue weighted by Gasteiger charge is 2.48. The molecule has 0 aliphatic heterocycles. The van der Waals surface area contributed by atoms with Crippen LogP contribution in [0.1, 0.15) is 65.2 Å². The lowest BCUT2D eigenvalue weighted by atomic mass is 9.63. The smallest absolute Gasteiger partial charge is 0.161 e. The van der Waals surface area contributed by atoms with Gasteiger partial charge in [0.05, 0.1) is 0 Å². The van der Waals surface area contributed by atoms with Crippen LogP contribution in [0.5, 0.6) is 0 Å². The summed E-state index contributed by atoms with van der Waals surface area (Å²) in [5.74, 6) is 2.22. The minimum absolute atomic E-state index is 0.265. The normalized spacial score (nSPS) is 43.8. The van der Waals surface area contributed by atoms with Crippen molar-refractivity contribution in [3.8, 4) is 0 Å². The van der Waals surface area contributed by atoms with Crippen molar-refractivity contribution in [2.75, 3.05) is 0 Å². The minimum Gasteiger partial charge on any atom is -0.294 e. The molecular weight excluding hydrogens is 324 g/mol. The summed E-state index contributed by atoms with van der Waals surface area (Å²) in [5, 5.41) is 0. The summed E-state index contributed by atoms with van der Waals surface area (Å²) in [7, 11) is 0. The Kier molecular flexibility index (Phi) is 4.45. The molecule has 2 heteroatoms. The maximum atomic E-state index is 12.1. The molecule has 3 fully saturated rings. The van der Waals surface area contributed by atoms with Crippen LogP contribution in [-0.2, 0) is 4.79 Å². The van der Waals surface area contributed by atoms with Crippen LogP contribution in [0, 0.1) is 23.2 Å². The molecule has 0 radical (unpaired) electrons. The van der Waals surface area contributed by atoms with E-state index < -0.39 is 0 Å². The largest absolute Gasteiger partial charge is 0.294 e. The molecule has 0 bridgehead atoms. The van der Waals surface area contributed by atoms with Gasteiger partial charge in [0.2, 0.25) is 0 Å². The van der Waals surface area contributed by atoms with Crippen LogP contribution >= 0.6 is 15.9 Å². The van der Waals surface area contributed by atoms with Gasteiger partial charge in [0.25, 0.3) is 0 Å². The van der Waals surface area contributed by atoms with E-state index in [0.717, 1.165) is 36.7 Å². The molecule has 3 aliphatic rings. The summed E-state index contributed by atoms with van der Waals surface area (Å²) in [6.07, 6.45) is 12.1. The van der Waals surface area contributed by atoms with Crippen molar-refractivity contribution in [3.05, 3.63) is 22.2 Å². The van der Waals surface area contributed by atoms with E-state index in [1.807, 2.05) is 0 Å². The fourth-order valence-electron chi connectivity index (χ4n) is 5.09. The molecule has 4 atom stereocenters. The van der Waals surface area contributed by atoms with E-state index in [1.54, 1.807) is 5.57 Å². The fourth-order valence-corrected chi connectivity index (χ4v) is 5.64. The number of halogens is 1. The lowest BCUT2D eigenvalue weighted by Crippen LogP contribution is -2.33. The van der Waals surface area contributed by atoms with E-state index in [2.05, 4.69) is 40.8 Å². The molecule has 1 nitrogen and oxygen atoms in total. The Bertz CT molecular complexity index is 490. The topological polar surface area (TPSA) is 17.1 Å². The van der Waals surface area contributed by atoms with Crippen molar-refractivity contribution in [2.45, 2.75) is 65.2 Å². The zero-order chi connectivity index (χ0) is 15.0. The van der Waals surface area contributed by atoms with Crippen LogP contribution in [0.15, 0.2) is 22.2 Å². The zero-order valence-electron chi connectivity index (χ0n) is 13.3.